The number of hydrogen-bond acceptors (Lipinski definition) is 4. The van der Waals surface area contributed by atoms with Gasteiger partial charge in [-0.25, -0.2) is 13.9 Å². The Balaban J connectivity index is 1.55. The van der Waals surface area contributed by atoms with Crippen molar-refractivity contribution in [1.29, 1.82) is 0 Å². The molecule has 9 heteroatoms. The van der Waals surface area contributed by atoms with Gasteiger partial charge in [0, 0.05) is 18.7 Å². The average molecular weight is 451 g/mol. The number of carbonyl (C=O) groups is 2. The monoisotopic (exact) mass is 450 g/mol. The first-order valence-electron chi connectivity index (χ1n) is 10.9. The van der Waals surface area contributed by atoms with E-state index in [1.807, 2.05) is 30.3 Å². The number of aromatic nitrogens is 3. The van der Waals surface area contributed by atoms with Gasteiger partial charge in [0.1, 0.15) is 11.4 Å². The standard InChI is InChI=1S/C24H27FN6O2/c1-24(2,28-23(33)30-14-6-7-15-30)21(32)27-22-26-20(18-10-12-19(25)13-11-18)31(29-22)16-17-8-4-3-5-9-17/h3-5,8-13H,6-7,14-16H2,1-2H3,(H,28,33)(H,27,29,32). The van der Waals surface area contributed by atoms with Gasteiger partial charge in [-0.3, -0.25) is 10.1 Å². The van der Waals surface area contributed by atoms with Crippen molar-refractivity contribution in [2.75, 3.05) is 18.4 Å². The van der Waals surface area contributed by atoms with Crippen molar-refractivity contribution in [2.45, 2.75) is 38.8 Å². The van der Waals surface area contributed by atoms with Crippen molar-refractivity contribution in [3.63, 3.8) is 0 Å². The van der Waals surface area contributed by atoms with E-state index in [1.54, 1.807) is 35.6 Å². The van der Waals surface area contributed by atoms with Gasteiger partial charge < -0.3 is 10.2 Å². The summed E-state index contributed by atoms with van der Waals surface area (Å²) >= 11 is 0. The minimum Gasteiger partial charge on any atom is -0.325 e. The summed E-state index contributed by atoms with van der Waals surface area (Å²) in [6.07, 6.45) is 1.93. The Bertz CT molecular complexity index is 1120. The maximum atomic E-state index is 13.4. The topological polar surface area (TPSA) is 92.2 Å². The largest absolute Gasteiger partial charge is 0.325 e. The highest BCUT2D eigenvalue weighted by Crippen LogP contribution is 2.21. The van der Waals surface area contributed by atoms with Gasteiger partial charge in [0.25, 0.3) is 5.91 Å². The molecule has 0 unspecified atom stereocenters. The molecule has 2 aromatic carbocycles. The summed E-state index contributed by atoms with van der Waals surface area (Å²) in [4.78, 5) is 31.6. The molecule has 1 saturated heterocycles. The number of hydrogen-bond donors (Lipinski definition) is 2. The summed E-state index contributed by atoms with van der Waals surface area (Å²) in [7, 11) is 0. The smallest absolute Gasteiger partial charge is 0.318 e. The van der Waals surface area contributed by atoms with Crippen molar-refractivity contribution < 1.29 is 14.0 Å². The molecule has 0 atom stereocenters. The Morgan fingerprint density at radius 1 is 1.03 bits per heavy atom. The molecular weight excluding hydrogens is 423 g/mol. The number of likely N-dealkylation sites (tertiary alicyclic amines) is 1. The van der Waals surface area contributed by atoms with Crippen LogP contribution in [0.2, 0.25) is 0 Å². The molecule has 0 spiro atoms. The van der Waals surface area contributed by atoms with E-state index in [9.17, 15) is 14.0 Å². The van der Waals surface area contributed by atoms with E-state index in [1.165, 1.54) is 12.1 Å². The lowest BCUT2D eigenvalue weighted by molar-refractivity contribution is -0.121. The van der Waals surface area contributed by atoms with Crippen LogP contribution in [0.25, 0.3) is 11.4 Å². The van der Waals surface area contributed by atoms with Crippen molar-refractivity contribution >= 4 is 17.9 Å². The summed E-state index contributed by atoms with van der Waals surface area (Å²) in [5.41, 5.74) is 0.504. The molecule has 8 nitrogen and oxygen atoms in total. The highest BCUT2D eigenvalue weighted by molar-refractivity contribution is 5.98. The van der Waals surface area contributed by atoms with Gasteiger partial charge in [0.15, 0.2) is 5.82 Å². The Morgan fingerprint density at radius 3 is 2.36 bits per heavy atom. The molecule has 2 heterocycles. The number of nitrogens with zero attached hydrogens (tertiary/aromatic N) is 4. The fraction of sp³-hybridized carbons (Fsp3) is 0.333. The lowest BCUT2D eigenvalue weighted by Crippen LogP contribution is -2.55. The molecule has 0 radical (unpaired) electrons. The van der Waals surface area contributed by atoms with Crippen LogP contribution >= 0.6 is 0 Å². The van der Waals surface area contributed by atoms with Crippen molar-refractivity contribution in [3.8, 4) is 11.4 Å². The van der Waals surface area contributed by atoms with Gasteiger partial charge >= 0.3 is 6.03 Å². The first-order chi connectivity index (χ1) is 15.8. The van der Waals surface area contributed by atoms with Crippen LogP contribution in [-0.4, -0.2) is 50.2 Å². The SMILES string of the molecule is CC(C)(NC(=O)N1CCCC1)C(=O)Nc1nc(-c2ccc(F)cc2)n(Cc2ccccc2)n1. The fourth-order valence-electron chi connectivity index (χ4n) is 3.66. The van der Waals surface area contributed by atoms with Gasteiger partial charge in [0.05, 0.1) is 6.54 Å². The summed E-state index contributed by atoms with van der Waals surface area (Å²) in [6, 6.07) is 15.4. The van der Waals surface area contributed by atoms with E-state index in [0.29, 0.717) is 31.0 Å². The zero-order valence-electron chi connectivity index (χ0n) is 18.7. The maximum absolute atomic E-state index is 13.4. The number of carbonyl (C=O) groups excluding carboxylic acids is 2. The van der Waals surface area contributed by atoms with Gasteiger partial charge in [-0.1, -0.05) is 30.3 Å². The number of anilines is 1. The third-order valence-corrected chi connectivity index (χ3v) is 5.56. The van der Waals surface area contributed by atoms with Crippen LogP contribution < -0.4 is 10.6 Å². The predicted octanol–water partition coefficient (Wildman–Crippen LogP) is 3.66. The highest BCUT2D eigenvalue weighted by atomic mass is 19.1. The summed E-state index contributed by atoms with van der Waals surface area (Å²) < 4.78 is 15.1. The summed E-state index contributed by atoms with van der Waals surface area (Å²) in [6.45, 7) is 5.08. The first kappa shape index (κ1) is 22.4. The maximum Gasteiger partial charge on any atom is 0.318 e. The Labute approximate surface area is 191 Å². The minimum atomic E-state index is -1.17. The predicted molar refractivity (Wildman–Crippen MR) is 123 cm³/mol. The number of benzene rings is 2. The van der Waals surface area contributed by atoms with Crippen LogP contribution in [0.5, 0.6) is 0 Å². The quantitative estimate of drug-likeness (QED) is 0.600. The second kappa shape index (κ2) is 9.40. The number of amides is 3. The molecule has 4 rings (SSSR count). The zero-order chi connectivity index (χ0) is 23.4. The van der Waals surface area contributed by atoms with Gasteiger partial charge in [-0.15, -0.1) is 5.10 Å². The first-order valence-corrected chi connectivity index (χ1v) is 10.9. The van der Waals surface area contributed by atoms with Crippen molar-refractivity contribution in [2.24, 2.45) is 0 Å². The molecular formula is C24H27FN6O2. The third-order valence-electron chi connectivity index (χ3n) is 5.56. The van der Waals surface area contributed by atoms with Crippen molar-refractivity contribution in [1.82, 2.24) is 25.0 Å². The minimum absolute atomic E-state index is 0.110. The zero-order valence-corrected chi connectivity index (χ0v) is 18.7. The molecule has 1 aliphatic rings. The number of nitrogens with one attached hydrogen (secondary N) is 2. The van der Waals surface area contributed by atoms with E-state index < -0.39 is 11.4 Å². The summed E-state index contributed by atoms with van der Waals surface area (Å²) in [5, 5.41) is 9.98. The van der Waals surface area contributed by atoms with Gasteiger partial charge in [-0.05, 0) is 56.5 Å². The summed E-state index contributed by atoms with van der Waals surface area (Å²) in [5.74, 6) is -0.179. The van der Waals surface area contributed by atoms with Crippen LogP contribution in [0, 0.1) is 5.82 Å². The van der Waals surface area contributed by atoms with Gasteiger partial charge in [0.2, 0.25) is 5.95 Å². The molecule has 3 aromatic rings. The second-order valence-corrected chi connectivity index (χ2v) is 8.61. The molecule has 3 amide bonds. The molecule has 1 aromatic heterocycles. The van der Waals surface area contributed by atoms with E-state index >= 15 is 0 Å². The van der Waals surface area contributed by atoms with Crippen molar-refractivity contribution in [3.05, 3.63) is 66.0 Å². The molecule has 172 valence electrons. The lowest BCUT2D eigenvalue weighted by atomic mass is 10.1. The Morgan fingerprint density at radius 2 is 1.70 bits per heavy atom. The van der Waals surface area contributed by atoms with Gasteiger partial charge in [-0.2, -0.15) is 4.98 Å². The molecule has 0 saturated carbocycles. The van der Waals surface area contributed by atoms with Crippen LogP contribution in [0.15, 0.2) is 54.6 Å². The van der Waals surface area contributed by atoms with E-state index in [2.05, 4.69) is 20.7 Å². The second-order valence-electron chi connectivity index (χ2n) is 8.61. The third kappa shape index (κ3) is 5.36. The van der Waals surface area contributed by atoms with Crippen LogP contribution in [0.1, 0.15) is 32.3 Å². The Kier molecular flexibility index (Phi) is 6.39. The van der Waals surface area contributed by atoms with Crippen LogP contribution in [0.4, 0.5) is 15.1 Å². The molecule has 33 heavy (non-hydrogen) atoms. The molecule has 0 bridgehead atoms. The van der Waals surface area contributed by atoms with Crippen LogP contribution in [-0.2, 0) is 11.3 Å². The van der Waals surface area contributed by atoms with E-state index in [-0.39, 0.29) is 17.8 Å². The number of halogens is 1. The van der Waals surface area contributed by atoms with E-state index in [4.69, 9.17) is 0 Å². The highest BCUT2D eigenvalue weighted by Gasteiger charge is 2.33. The molecule has 0 aliphatic carbocycles. The number of rotatable bonds is 6. The van der Waals surface area contributed by atoms with Crippen LogP contribution in [0.3, 0.4) is 0 Å². The lowest BCUT2D eigenvalue weighted by Gasteiger charge is -2.27. The molecule has 1 fully saturated rings. The molecule has 2 N–H and O–H groups in total. The number of urea groups is 1. The average Bonchev–Trinajstić information content (AvgIpc) is 3.45. The Hall–Kier alpha value is -3.75. The molecule has 1 aliphatic heterocycles. The normalized spacial score (nSPS) is 13.7. The fourth-order valence-corrected chi connectivity index (χ4v) is 3.66. The van der Waals surface area contributed by atoms with E-state index in [0.717, 1.165) is 18.4 Å².